The van der Waals surface area contributed by atoms with Crippen molar-refractivity contribution in [2.75, 3.05) is 13.2 Å². The monoisotopic (exact) mass is 347 g/mol. The molecule has 5 nitrogen and oxygen atoms in total. The summed E-state index contributed by atoms with van der Waals surface area (Å²) in [6, 6.07) is 0.862. The predicted molar refractivity (Wildman–Crippen MR) is 74.5 cm³/mol. The van der Waals surface area contributed by atoms with Crippen LogP contribution in [0, 0.1) is 5.92 Å². The van der Waals surface area contributed by atoms with Crippen molar-refractivity contribution < 1.29 is 19.4 Å². The number of ether oxygens (including phenoxy) is 1. The third-order valence-electron chi connectivity index (χ3n) is 3.04. The summed E-state index contributed by atoms with van der Waals surface area (Å²) in [7, 11) is 0. The van der Waals surface area contributed by atoms with Gasteiger partial charge in [-0.15, -0.1) is 11.3 Å². The third-order valence-corrected chi connectivity index (χ3v) is 4.88. The van der Waals surface area contributed by atoms with Gasteiger partial charge in [-0.25, -0.2) is 4.79 Å². The lowest BCUT2D eigenvalue weighted by Crippen LogP contribution is -2.48. The summed E-state index contributed by atoms with van der Waals surface area (Å²) in [6.45, 7) is 1.04. The summed E-state index contributed by atoms with van der Waals surface area (Å²) in [6.07, 6.45) is 1.58. The molecule has 0 saturated carbocycles. The Labute approximate surface area is 123 Å². The second kappa shape index (κ2) is 6.49. The maximum atomic E-state index is 12.0. The molecule has 1 aliphatic rings. The number of hydrogen-bond acceptors (Lipinski definition) is 4. The molecule has 0 aliphatic carbocycles. The van der Waals surface area contributed by atoms with Crippen LogP contribution in [-0.4, -0.2) is 36.2 Å². The molecule has 2 heterocycles. The molecule has 2 rings (SSSR count). The van der Waals surface area contributed by atoms with Crippen LogP contribution in [-0.2, 0) is 9.53 Å². The van der Waals surface area contributed by atoms with Crippen molar-refractivity contribution in [1.82, 2.24) is 5.32 Å². The minimum Gasteiger partial charge on any atom is -0.480 e. The SMILES string of the molecule is O=C(NC(C(=O)O)C1CCCOC1)c1sccc1Br. The Morgan fingerprint density at radius 3 is 2.89 bits per heavy atom. The zero-order chi connectivity index (χ0) is 13.8. The van der Waals surface area contributed by atoms with Gasteiger partial charge in [-0.1, -0.05) is 0 Å². The summed E-state index contributed by atoms with van der Waals surface area (Å²) < 4.78 is 5.97. The largest absolute Gasteiger partial charge is 0.480 e. The molecule has 104 valence electrons. The minimum atomic E-state index is -1.02. The average molecular weight is 348 g/mol. The van der Waals surface area contributed by atoms with E-state index in [0.717, 1.165) is 12.8 Å². The summed E-state index contributed by atoms with van der Waals surface area (Å²) in [5.74, 6) is -1.55. The van der Waals surface area contributed by atoms with E-state index in [1.165, 1.54) is 11.3 Å². The van der Waals surface area contributed by atoms with Gasteiger partial charge in [0.2, 0.25) is 0 Å². The van der Waals surface area contributed by atoms with Crippen LogP contribution in [0.25, 0.3) is 0 Å². The van der Waals surface area contributed by atoms with Gasteiger partial charge in [-0.2, -0.15) is 0 Å². The van der Waals surface area contributed by atoms with Crippen molar-refractivity contribution in [2.24, 2.45) is 5.92 Å². The fourth-order valence-electron chi connectivity index (χ4n) is 2.07. The fraction of sp³-hybridized carbons (Fsp3) is 0.500. The van der Waals surface area contributed by atoms with Gasteiger partial charge >= 0.3 is 5.97 Å². The molecule has 1 amide bonds. The molecule has 0 aromatic carbocycles. The molecule has 0 spiro atoms. The van der Waals surface area contributed by atoms with E-state index >= 15 is 0 Å². The van der Waals surface area contributed by atoms with E-state index in [1.54, 1.807) is 11.4 Å². The number of carboxylic acids is 1. The van der Waals surface area contributed by atoms with Crippen molar-refractivity contribution in [3.63, 3.8) is 0 Å². The Morgan fingerprint density at radius 2 is 2.37 bits per heavy atom. The number of aliphatic carboxylic acids is 1. The summed E-state index contributed by atoms with van der Waals surface area (Å²) in [5.41, 5.74) is 0. The Morgan fingerprint density at radius 1 is 1.58 bits per heavy atom. The number of carboxylic acid groups (broad SMARTS) is 1. The zero-order valence-corrected chi connectivity index (χ0v) is 12.5. The van der Waals surface area contributed by atoms with Gasteiger partial charge in [-0.3, -0.25) is 4.79 Å². The molecular formula is C12H14BrNO4S. The average Bonchev–Trinajstić information content (AvgIpc) is 2.82. The molecule has 1 aliphatic heterocycles. The van der Waals surface area contributed by atoms with Gasteiger partial charge in [0.05, 0.1) is 6.61 Å². The molecule has 1 saturated heterocycles. The van der Waals surface area contributed by atoms with Crippen LogP contribution in [0.4, 0.5) is 0 Å². The first-order chi connectivity index (χ1) is 9.09. The highest BCUT2D eigenvalue weighted by Gasteiger charge is 2.32. The molecular weight excluding hydrogens is 334 g/mol. The van der Waals surface area contributed by atoms with Crippen LogP contribution in [0.3, 0.4) is 0 Å². The highest BCUT2D eigenvalue weighted by Crippen LogP contribution is 2.24. The Balaban J connectivity index is 2.06. The second-order valence-electron chi connectivity index (χ2n) is 4.36. The van der Waals surface area contributed by atoms with Crippen molar-refractivity contribution in [3.05, 3.63) is 20.8 Å². The second-order valence-corrected chi connectivity index (χ2v) is 6.13. The van der Waals surface area contributed by atoms with Crippen molar-refractivity contribution in [2.45, 2.75) is 18.9 Å². The zero-order valence-electron chi connectivity index (χ0n) is 10.1. The molecule has 0 radical (unpaired) electrons. The lowest BCUT2D eigenvalue weighted by Gasteiger charge is -2.27. The van der Waals surface area contributed by atoms with Crippen LogP contribution >= 0.6 is 27.3 Å². The molecule has 2 N–H and O–H groups in total. The first-order valence-electron chi connectivity index (χ1n) is 5.94. The van der Waals surface area contributed by atoms with Crippen LogP contribution in [0.15, 0.2) is 15.9 Å². The molecule has 1 aromatic rings. The highest BCUT2D eigenvalue weighted by molar-refractivity contribution is 9.10. The maximum absolute atomic E-state index is 12.0. The molecule has 2 atom stereocenters. The van der Waals surface area contributed by atoms with E-state index in [9.17, 15) is 14.7 Å². The number of carbonyl (C=O) groups is 2. The fourth-order valence-corrected chi connectivity index (χ4v) is 3.53. The van der Waals surface area contributed by atoms with Crippen LogP contribution in [0.5, 0.6) is 0 Å². The maximum Gasteiger partial charge on any atom is 0.326 e. The number of rotatable bonds is 4. The quantitative estimate of drug-likeness (QED) is 0.874. The van der Waals surface area contributed by atoms with Crippen molar-refractivity contribution in [3.8, 4) is 0 Å². The first kappa shape index (κ1) is 14.5. The van der Waals surface area contributed by atoms with E-state index < -0.39 is 12.0 Å². The number of halogens is 1. The highest BCUT2D eigenvalue weighted by atomic mass is 79.9. The number of carbonyl (C=O) groups excluding carboxylic acids is 1. The predicted octanol–water partition coefficient (Wildman–Crippen LogP) is 2.12. The number of amides is 1. The lowest BCUT2D eigenvalue weighted by molar-refractivity contribution is -0.142. The van der Waals surface area contributed by atoms with Crippen LogP contribution < -0.4 is 5.32 Å². The topological polar surface area (TPSA) is 75.6 Å². The third kappa shape index (κ3) is 3.55. The summed E-state index contributed by atoms with van der Waals surface area (Å²) in [4.78, 5) is 23.8. The molecule has 7 heteroatoms. The van der Waals surface area contributed by atoms with E-state index in [2.05, 4.69) is 21.2 Å². The first-order valence-corrected chi connectivity index (χ1v) is 7.61. The van der Waals surface area contributed by atoms with Gasteiger partial charge in [-0.05, 0) is 40.2 Å². The minimum absolute atomic E-state index is 0.172. The molecule has 1 fully saturated rings. The normalized spacial score (nSPS) is 20.8. The molecule has 0 bridgehead atoms. The number of nitrogens with one attached hydrogen (secondary N) is 1. The summed E-state index contributed by atoms with van der Waals surface area (Å²) in [5, 5.41) is 13.6. The van der Waals surface area contributed by atoms with E-state index in [0.29, 0.717) is 22.6 Å². The summed E-state index contributed by atoms with van der Waals surface area (Å²) >= 11 is 4.54. The van der Waals surface area contributed by atoms with Crippen LogP contribution in [0.1, 0.15) is 22.5 Å². The Kier molecular flexibility index (Phi) is 4.95. The standard InChI is InChI=1S/C12H14BrNO4S/c13-8-3-5-19-10(8)11(15)14-9(12(16)17)7-2-1-4-18-6-7/h3,5,7,9H,1-2,4,6H2,(H,14,15)(H,16,17). The Bertz CT molecular complexity index is 470. The van der Waals surface area contributed by atoms with Gasteiger partial charge < -0.3 is 15.2 Å². The van der Waals surface area contributed by atoms with Gasteiger partial charge in [0.1, 0.15) is 10.9 Å². The number of hydrogen-bond donors (Lipinski definition) is 2. The Hall–Kier alpha value is -0.920. The van der Waals surface area contributed by atoms with E-state index in [1.807, 2.05) is 0 Å². The molecule has 19 heavy (non-hydrogen) atoms. The van der Waals surface area contributed by atoms with Crippen molar-refractivity contribution >= 4 is 39.1 Å². The molecule has 1 aromatic heterocycles. The number of thiophene rings is 1. The van der Waals surface area contributed by atoms with Gasteiger partial charge in [0, 0.05) is 17.0 Å². The van der Waals surface area contributed by atoms with E-state index in [-0.39, 0.29) is 11.8 Å². The van der Waals surface area contributed by atoms with Gasteiger partial charge in [0.25, 0.3) is 5.91 Å². The van der Waals surface area contributed by atoms with E-state index in [4.69, 9.17) is 4.74 Å². The van der Waals surface area contributed by atoms with Crippen molar-refractivity contribution in [1.29, 1.82) is 0 Å². The smallest absolute Gasteiger partial charge is 0.326 e. The molecule has 2 unspecified atom stereocenters. The lowest BCUT2D eigenvalue weighted by atomic mass is 9.93. The van der Waals surface area contributed by atoms with Crippen LogP contribution in [0.2, 0.25) is 0 Å². The van der Waals surface area contributed by atoms with Gasteiger partial charge in [0.15, 0.2) is 0 Å².